The third-order valence-corrected chi connectivity index (χ3v) is 4.37. The van der Waals surface area contributed by atoms with Crippen LogP contribution in [0.2, 0.25) is 5.02 Å². The minimum Gasteiger partial charge on any atom is -0.486 e. The highest BCUT2D eigenvalue weighted by molar-refractivity contribution is 6.30. The zero-order chi connectivity index (χ0) is 16.0. The fourth-order valence-corrected chi connectivity index (χ4v) is 3.23. The highest BCUT2D eigenvalue weighted by Crippen LogP contribution is 2.42. The average molecular weight is 331 g/mol. The molecule has 0 unspecified atom stereocenters. The molecule has 0 aliphatic carbocycles. The molecule has 0 spiro atoms. The Labute approximate surface area is 138 Å². The molecular weight excluding hydrogens is 316 g/mol. The van der Waals surface area contributed by atoms with E-state index in [0.29, 0.717) is 29.7 Å². The number of hydrogen-bond acceptors (Lipinski definition) is 4. The second-order valence-corrected chi connectivity index (χ2v) is 6.00. The Bertz CT molecular complexity index is 780. The number of ether oxygens (including phenoxy) is 2. The molecule has 4 rings (SSSR count). The maximum Gasteiger partial charge on any atom is 0.247 e. The molecule has 2 aliphatic heterocycles. The van der Waals surface area contributed by atoms with Gasteiger partial charge in [0.05, 0.1) is 6.04 Å². The van der Waals surface area contributed by atoms with Gasteiger partial charge in [0.2, 0.25) is 5.91 Å². The number of carbonyl (C=O) groups excluding carboxylic acids is 1. The van der Waals surface area contributed by atoms with Crippen LogP contribution in [0.15, 0.2) is 42.5 Å². The molecule has 2 aromatic rings. The van der Waals surface area contributed by atoms with Gasteiger partial charge in [-0.25, -0.2) is 0 Å². The van der Waals surface area contributed by atoms with Crippen molar-refractivity contribution in [2.24, 2.45) is 5.73 Å². The molecule has 1 amide bonds. The van der Waals surface area contributed by atoms with Crippen LogP contribution in [0.3, 0.4) is 0 Å². The SMILES string of the molecule is N[C@H]1C(=O)N(c2ccc3c(c2)OCCO3)[C@H]1c1cccc(Cl)c1. The second-order valence-electron chi connectivity index (χ2n) is 5.56. The molecule has 1 fully saturated rings. The van der Waals surface area contributed by atoms with Crippen molar-refractivity contribution in [3.63, 3.8) is 0 Å². The number of fused-ring (bicyclic) bond motifs is 1. The standard InChI is InChI=1S/C17H15ClN2O3/c18-11-3-1-2-10(8-11)16-15(19)17(21)20(16)12-4-5-13-14(9-12)23-7-6-22-13/h1-5,8-9,15-16H,6-7,19H2/t15-,16+/m1/s1. The predicted molar refractivity (Wildman–Crippen MR) is 87.1 cm³/mol. The van der Waals surface area contributed by atoms with Crippen molar-refractivity contribution in [2.75, 3.05) is 18.1 Å². The van der Waals surface area contributed by atoms with Gasteiger partial charge < -0.3 is 20.1 Å². The summed E-state index contributed by atoms with van der Waals surface area (Å²) in [6, 6.07) is 12.1. The molecule has 2 N–H and O–H groups in total. The minimum absolute atomic E-state index is 0.119. The quantitative estimate of drug-likeness (QED) is 0.859. The molecule has 23 heavy (non-hydrogen) atoms. The first-order chi connectivity index (χ1) is 11.1. The van der Waals surface area contributed by atoms with Gasteiger partial charge in [-0.3, -0.25) is 4.79 Å². The number of carbonyl (C=O) groups is 1. The number of anilines is 1. The summed E-state index contributed by atoms with van der Waals surface area (Å²) < 4.78 is 11.1. The number of rotatable bonds is 2. The molecule has 1 saturated heterocycles. The summed E-state index contributed by atoms with van der Waals surface area (Å²) in [5.74, 6) is 1.22. The smallest absolute Gasteiger partial charge is 0.247 e. The Morgan fingerprint density at radius 1 is 1.09 bits per heavy atom. The normalized spacial score (nSPS) is 22.7. The van der Waals surface area contributed by atoms with E-state index in [4.69, 9.17) is 26.8 Å². The topological polar surface area (TPSA) is 64.8 Å². The van der Waals surface area contributed by atoms with Crippen LogP contribution in [-0.2, 0) is 4.79 Å². The first kappa shape index (κ1) is 14.4. The van der Waals surface area contributed by atoms with Gasteiger partial charge in [0, 0.05) is 16.8 Å². The molecule has 0 saturated carbocycles. The first-order valence-corrected chi connectivity index (χ1v) is 7.77. The van der Waals surface area contributed by atoms with E-state index in [9.17, 15) is 4.79 Å². The number of halogens is 1. The molecule has 2 heterocycles. The van der Waals surface area contributed by atoms with Crippen LogP contribution in [0.4, 0.5) is 5.69 Å². The molecule has 0 radical (unpaired) electrons. The van der Waals surface area contributed by atoms with Crippen molar-refractivity contribution in [1.29, 1.82) is 0 Å². The Morgan fingerprint density at radius 3 is 2.65 bits per heavy atom. The summed E-state index contributed by atoms with van der Waals surface area (Å²) in [5, 5.41) is 0.621. The highest BCUT2D eigenvalue weighted by atomic mass is 35.5. The number of benzene rings is 2. The van der Waals surface area contributed by atoms with Gasteiger partial charge in [-0.2, -0.15) is 0 Å². The number of nitrogens with zero attached hydrogens (tertiary/aromatic N) is 1. The lowest BCUT2D eigenvalue weighted by Crippen LogP contribution is -2.63. The Kier molecular flexibility index (Phi) is 3.39. The van der Waals surface area contributed by atoms with Crippen LogP contribution in [0, 0.1) is 0 Å². The first-order valence-electron chi connectivity index (χ1n) is 7.39. The van der Waals surface area contributed by atoms with E-state index in [2.05, 4.69) is 0 Å². The van der Waals surface area contributed by atoms with Crippen molar-refractivity contribution in [1.82, 2.24) is 0 Å². The zero-order valence-electron chi connectivity index (χ0n) is 12.2. The number of nitrogens with two attached hydrogens (primary N) is 1. The summed E-state index contributed by atoms with van der Waals surface area (Å²) >= 11 is 6.06. The number of β-lactam (4-membered cyclic amide) rings is 1. The van der Waals surface area contributed by atoms with E-state index >= 15 is 0 Å². The van der Waals surface area contributed by atoms with Crippen molar-refractivity contribution in [3.8, 4) is 11.5 Å². The lowest BCUT2D eigenvalue weighted by atomic mass is 9.88. The van der Waals surface area contributed by atoms with E-state index in [1.807, 2.05) is 36.4 Å². The molecule has 2 atom stereocenters. The van der Waals surface area contributed by atoms with Crippen LogP contribution < -0.4 is 20.1 Å². The zero-order valence-corrected chi connectivity index (χ0v) is 13.0. The van der Waals surface area contributed by atoms with Gasteiger partial charge in [-0.05, 0) is 29.8 Å². The largest absolute Gasteiger partial charge is 0.486 e. The maximum atomic E-state index is 12.3. The van der Waals surface area contributed by atoms with Crippen molar-refractivity contribution in [2.45, 2.75) is 12.1 Å². The molecule has 5 nitrogen and oxygen atoms in total. The van der Waals surface area contributed by atoms with E-state index in [0.717, 1.165) is 11.3 Å². The Morgan fingerprint density at radius 2 is 1.87 bits per heavy atom. The number of hydrogen-bond donors (Lipinski definition) is 1. The second kappa shape index (κ2) is 5.44. The summed E-state index contributed by atoms with van der Waals surface area (Å²) in [5.41, 5.74) is 7.68. The van der Waals surface area contributed by atoms with Crippen LogP contribution in [0.5, 0.6) is 11.5 Å². The van der Waals surface area contributed by atoms with Crippen molar-refractivity contribution in [3.05, 3.63) is 53.1 Å². The van der Waals surface area contributed by atoms with Crippen LogP contribution in [0.25, 0.3) is 0 Å². The van der Waals surface area contributed by atoms with Gasteiger partial charge in [-0.1, -0.05) is 23.7 Å². The van der Waals surface area contributed by atoms with Crippen LogP contribution in [0.1, 0.15) is 11.6 Å². The average Bonchev–Trinajstić information content (AvgIpc) is 2.58. The molecule has 118 valence electrons. The lowest BCUT2D eigenvalue weighted by molar-refractivity contribution is -0.126. The molecule has 0 aromatic heterocycles. The van der Waals surface area contributed by atoms with Crippen molar-refractivity contribution < 1.29 is 14.3 Å². The third-order valence-electron chi connectivity index (χ3n) is 4.14. The van der Waals surface area contributed by atoms with Gasteiger partial charge in [0.25, 0.3) is 0 Å². The van der Waals surface area contributed by atoms with Gasteiger partial charge in [-0.15, -0.1) is 0 Å². The number of amides is 1. The highest BCUT2D eigenvalue weighted by Gasteiger charge is 2.46. The minimum atomic E-state index is -0.568. The molecular formula is C17H15ClN2O3. The summed E-state index contributed by atoms with van der Waals surface area (Å²) in [6.07, 6.45) is 0. The predicted octanol–water partition coefficient (Wildman–Crippen LogP) is 2.53. The van der Waals surface area contributed by atoms with Gasteiger partial charge in [0.1, 0.15) is 19.3 Å². The summed E-state index contributed by atoms with van der Waals surface area (Å²) in [4.78, 5) is 14.0. The van der Waals surface area contributed by atoms with Gasteiger partial charge >= 0.3 is 0 Å². The van der Waals surface area contributed by atoms with E-state index < -0.39 is 6.04 Å². The summed E-state index contributed by atoms with van der Waals surface area (Å²) in [7, 11) is 0. The Hall–Kier alpha value is -2.24. The van der Waals surface area contributed by atoms with Gasteiger partial charge in [0.15, 0.2) is 11.5 Å². The van der Waals surface area contributed by atoms with E-state index in [1.54, 1.807) is 11.0 Å². The third kappa shape index (κ3) is 2.33. The molecule has 2 aliphatic rings. The fourth-order valence-electron chi connectivity index (χ4n) is 3.03. The summed E-state index contributed by atoms with van der Waals surface area (Å²) in [6.45, 7) is 1.03. The molecule has 2 aromatic carbocycles. The van der Waals surface area contributed by atoms with E-state index in [1.165, 1.54) is 0 Å². The Balaban J connectivity index is 1.70. The fraction of sp³-hybridized carbons (Fsp3) is 0.235. The molecule has 0 bridgehead atoms. The van der Waals surface area contributed by atoms with Crippen molar-refractivity contribution >= 4 is 23.2 Å². The monoisotopic (exact) mass is 330 g/mol. The maximum absolute atomic E-state index is 12.3. The lowest BCUT2D eigenvalue weighted by Gasteiger charge is -2.45. The van der Waals surface area contributed by atoms with Crippen LogP contribution >= 0.6 is 11.6 Å². The van der Waals surface area contributed by atoms with Crippen LogP contribution in [-0.4, -0.2) is 25.2 Å². The molecule has 6 heteroatoms. The van der Waals surface area contributed by atoms with E-state index in [-0.39, 0.29) is 11.9 Å².